The van der Waals surface area contributed by atoms with Gasteiger partial charge >= 0.3 is 0 Å². The number of hydrogen-bond donors (Lipinski definition) is 1. The number of aromatic amines is 1. The molecule has 0 unspecified atom stereocenters. The molecule has 17 heavy (non-hydrogen) atoms. The highest BCUT2D eigenvalue weighted by Gasteiger charge is 2.07. The zero-order chi connectivity index (χ0) is 11.8. The van der Waals surface area contributed by atoms with Crippen molar-refractivity contribution in [3.05, 3.63) is 63.9 Å². The molecule has 3 nitrogen and oxygen atoms in total. The van der Waals surface area contributed by atoms with Crippen LogP contribution in [0.1, 0.15) is 0 Å². The summed E-state index contributed by atoms with van der Waals surface area (Å²) in [5.41, 5.74) is 1.49. The van der Waals surface area contributed by atoms with Crippen LogP contribution in [0.15, 0.2) is 53.3 Å². The molecule has 1 aromatic heterocycles. The van der Waals surface area contributed by atoms with Crippen LogP contribution >= 0.6 is 11.6 Å². The minimum absolute atomic E-state index is 0.0668. The molecule has 1 N–H and O–H groups in total. The van der Waals surface area contributed by atoms with Crippen molar-refractivity contribution in [1.82, 2.24) is 9.78 Å². The van der Waals surface area contributed by atoms with E-state index < -0.39 is 0 Å². The first-order valence-electron chi connectivity index (χ1n) is 5.21. The zero-order valence-electron chi connectivity index (χ0n) is 8.85. The van der Waals surface area contributed by atoms with Gasteiger partial charge in [-0.05, 0) is 30.3 Å². The SMILES string of the molecule is O=c1c2ccccc2[nH]n1-c1cccc(Cl)c1. The summed E-state index contributed by atoms with van der Waals surface area (Å²) in [5, 5.41) is 4.33. The summed E-state index contributed by atoms with van der Waals surface area (Å²) in [6.07, 6.45) is 0. The van der Waals surface area contributed by atoms with Crippen LogP contribution in [0.25, 0.3) is 16.6 Å². The standard InChI is InChI=1S/C13H9ClN2O/c14-9-4-3-5-10(8-9)16-13(17)11-6-1-2-7-12(11)15-16/h1-8,15H. The van der Waals surface area contributed by atoms with Gasteiger partial charge in [0.2, 0.25) is 0 Å². The van der Waals surface area contributed by atoms with E-state index in [4.69, 9.17) is 11.6 Å². The fraction of sp³-hybridized carbons (Fsp3) is 0. The second-order valence-corrected chi connectivity index (χ2v) is 4.21. The van der Waals surface area contributed by atoms with E-state index in [0.29, 0.717) is 10.4 Å². The lowest BCUT2D eigenvalue weighted by atomic mass is 10.2. The van der Waals surface area contributed by atoms with Gasteiger partial charge in [-0.2, -0.15) is 0 Å². The van der Waals surface area contributed by atoms with Crippen LogP contribution in [-0.2, 0) is 0 Å². The Balaban J connectivity index is 2.31. The van der Waals surface area contributed by atoms with Crippen LogP contribution < -0.4 is 5.56 Å². The number of fused-ring (bicyclic) bond motifs is 1. The quantitative estimate of drug-likeness (QED) is 0.702. The second-order valence-electron chi connectivity index (χ2n) is 3.78. The van der Waals surface area contributed by atoms with E-state index in [2.05, 4.69) is 5.10 Å². The highest BCUT2D eigenvalue weighted by Crippen LogP contribution is 2.14. The van der Waals surface area contributed by atoms with Crippen LogP contribution in [0.4, 0.5) is 0 Å². The van der Waals surface area contributed by atoms with Crippen molar-refractivity contribution in [2.75, 3.05) is 0 Å². The van der Waals surface area contributed by atoms with E-state index >= 15 is 0 Å². The molecule has 0 aliphatic heterocycles. The molecule has 0 saturated heterocycles. The molecule has 0 saturated carbocycles. The fourth-order valence-electron chi connectivity index (χ4n) is 1.86. The molecular weight excluding hydrogens is 236 g/mol. The molecule has 0 atom stereocenters. The highest BCUT2D eigenvalue weighted by molar-refractivity contribution is 6.30. The Labute approximate surface area is 102 Å². The van der Waals surface area contributed by atoms with Crippen LogP contribution in [-0.4, -0.2) is 9.78 Å². The van der Waals surface area contributed by atoms with Gasteiger partial charge in [0.25, 0.3) is 5.56 Å². The van der Waals surface area contributed by atoms with Gasteiger partial charge in [-0.3, -0.25) is 9.89 Å². The molecule has 4 heteroatoms. The second kappa shape index (κ2) is 3.79. The molecule has 2 aromatic carbocycles. The number of hydrogen-bond acceptors (Lipinski definition) is 1. The molecule has 0 aliphatic carbocycles. The number of nitrogens with one attached hydrogen (secondary N) is 1. The maximum Gasteiger partial charge on any atom is 0.279 e. The van der Waals surface area contributed by atoms with E-state index in [1.165, 1.54) is 4.68 Å². The third-order valence-corrected chi connectivity index (χ3v) is 2.89. The Bertz CT molecular complexity index is 742. The first-order chi connectivity index (χ1) is 8.25. The van der Waals surface area contributed by atoms with Crippen molar-refractivity contribution in [2.45, 2.75) is 0 Å². The summed E-state index contributed by atoms with van der Waals surface area (Å²) < 4.78 is 1.50. The fourth-order valence-corrected chi connectivity index (χ4v) is 2.04. The van der Waals surface area contributed by atoms with Gasteiger partial charge in [-0.1, -0.05) is 29.8 Å². The van der Waals surface area contributed by atoms with Crippen LogP contribution in [0.2, 0.25) is 5.02 Å². The lowest BCUT2D eigenvalue weighted by Gasteiger charge is -2.00. The number of benzene rings is 2. The zero-order valence-corrected chi connectivity index (χ0v) is 9.61. The Morgan fingerprint density at radius 2 is 1.88 bits per heavy atom. The van der Waals surface area contributed by atoms with Crippen LogP contribution in [0.5, 0.6) is 0 Å². The summed E-state index contributed by atoms with van der Waals surface area (Å²) in [6, 6.07) is 14.6. The average Bonchev–Trinajstić information content (AvgIpc) is 2.68. The van der Waals surface area contributed by atoms with E-state index in [1.807, 2.05) is 30.3 Å². The molecule has 3 rings (SSSR count). The molecule has 3 aromatic rings. The molecule has 0 bridgehead atoms. The number of rotatable bonds is 1. The molecule has 0 radical (unpaired) electrons. The number of para-hydroxylation sites is 1. The minimum atomic E-state index is -0.0668. The lowest BCUT2D eigenvalue weighted by molar-refractivity contribution is 0.864. The number of aromatic nitrogens is 2. The lowest BCUT2D eigenvalue weighted by Crippen LogP contribution is -2.13. The van der Waals surface area contributed by atoms with Gasteiger partial charge in [-0.25, -0.2) is 4.68 Å². The van der Waals surface area contributed by atoms with Crippen molar-refractivity contribution in [3.8, 4) is 5.69 Å². The molecule has 1 heterocycles. The van der Waals surface area contributed by atoms with Gasteiger partial charge in [0.05, 0.1) is 16.6 Å². The molecular formula is C13H9ClN2O. The largest absolute Gasteiger partial charge is 0.290 e. The predicted octanol–water partition coefficient (Wildman–Crippen LogP) is 2.97. The molecule has 0 spiro atoms. The summed E-state index contributed by atoms with van der Waals surface area (Å²) >= 11 is 5.92. The predicted molar refractivity (Wildman–Crippen MR) is 68.9 cm³/mol. The normalized spacial score (nSPS) is 10.9. The van der Waals surface area contributed by atoms with Gasteiger partial charge in [-0.15, -0.1) is 0 Å². The van der Waals surface area contributed by atoms with Gasteiger partial charge < -0.3 is 0 Å². The van der Waals surface area contributed by atoms with Crippen molar-refractivity contribution >= 4 is 22.5 Å². The van der Waals surface area contributed by atoms with Crippen molar-refractivity contribution in [2.24, 2.45) is 0 Å². The molecule has 0 amide bonds. The third-order valence-electron chi connectivity index (χ3n) is 2.66. The Kier molecular flexibility index (Phi) is 2.27. The van der Waals surface area contributed by atoms with E-state index in [-0.39, 0.29) is 5.56 Å². The van der Waals surface area contributed by atoms with Crippen molar-refractivity contribution < 1.29 is 0 Å². The number of halogens is 1. The molecule has 0 aliphatic rings. The summed E-state index contributed by atoms with van der Waals surface area (Å²) in [5.74, 6) is 0. The maximum atomic E-state index is 12.1. The summed E-state index contributed by atoms with van der Waals surface area (Å²) in [7, 11) is 0. The maximum absolute atomic E-state index is 12.1. The van der Waals surface area contributed by atoms with Gasteiger partial charge in [0, 0.05) is 5.02 Å². The van der Waals surface area contributed by atoms with Crippen LogP contribution in [0.3, 0.4) is 0 Å². The Morgan fingerprint density at radius 3 is 2.65 bits per heavy atom. The van der Waals surface area contributed by atoms with Gasteiger partial charge in [0.15, 0.2) is 0 Å². The third kappa shape index (κ3) is 1.65. The Morgan fingerprint density at radius 1 is 1.06 bits per heavy atom. The van der Waals surface area contributed by atoms with E-state index in [1.54, 1.807) is 18.2 Å². The number of nitrogens with zero attached hydrogens (tertiary/aromatic N) is 1. The summed E-state index contributed by atoms with van der Waals surface area (Å²) in [4.78, 5) is 12.1. The smallest absolute Gasteiger partial charge is 0.279 e. The molecule has 84 valence electrons. The number of H-pyrrole nitrogens is 1. The minimum Gasteiger partial charge on any atom is -0.290 e. The topological polar surface area (TPSA) is 37.8 Å². The first kappa shape index (κ1) is 10.2. The average molecular weight is 245 g/mol. The van der Waals surface area contributed by atoms with E-state index in [0.717, 1.165) is 11.2 Å². The summed E-state index contributed by atoms with van der Waals surface area (Å²) in [6.45, 7) is 0. The van der Waals surface area contributed by atoms with Crippen LogP contribution in [0, 0.1) is 0 Å². The van der Waals surface area contributed by atoms with Crippen molar-refractivity contribution in [3.63, 3.8) is 0 Å². The van der Waals surface area contributed by atoms with Crippen molar-refractivity contribution in [1.29, 1.82) is 0 Å². The highest BCUT2D eigenvalue weighted by atomic mass is 35.5. The first-order valence-corrected chi connectivity index (χ1v) is 5.59. The Hall–Kier alpha value is -2.00. The van der Waals surface area contributed by atoms with E-state index in [9.17, 15) is 4.79 Å². The monoisotopic (exact) mass is 244 g/mol. The molecule has 0 fully saturated rings. The van der Waals surface area contributed by atoms with Gasteiger partial charge in [0.1, 0.15) is 0 Å².